The van der Waals surface area contributed by atoms with Gasteiger partial charge >= 0.3 is 0 Å². The van der Waals surface area contributed by atoms with Gasteiger partial charge in [-0.25, -0.2) is 0 Å². The molecule has 1 unspecified atom stereocenters. The summed E-state index contributed by atoms with van der Waals surface area (Å²) in [6, 6.07) is 9.30. The quantitative estimate of drug-likeness (QED) is 0.868. The Morgan fingerprint density at radius 2 is 2.25 bits per heavy atom. The normalized spacial score (nSPS) is 20.7. The molecule has 1 fully saturated rings. The number of aromatic amines is 1. The first-order valence-corrected chi connectivity index (χ1v) is 6.61. The zero-order chi connectivity index (χ0) is 11.0. The van der Waals surface area contributed by atoms with Crippen molar-refractivity contribution in [2.24, 2.45) is 0 Å². The Kier molecular flexibility index (Phi) is 2.74. The van der Waals surface area contributed by atoms with Crippen molar-refractivity contribution in [3.8, 4) is 0 Å². The monoisotopic (exact) mass is 278 g/mol. The van der Waals surface area contributed by atoms with Crippen molar-refractivity contribution < 1.29 is 0 Å². The van der Waals surface area contributed by atoms with E-state index in [-0.39, 0.29) is 0 Å². The van der Waals surface area contributed by atoms with E-state index in [1.807, 2.05) is 0 Å². The largest absolute Gasteiger partial charge is 0.358 e. The zero-order valence-corrected chi connectivity index (χ0v) is 10.7. The molecule has 2 nitrogen and oxygen atoms in total. The number of fused-ring (bicyclic) bond motifs is 1. The Morgan fingerprint density at radius 1 is 1.31 bits per heavy atom. The molecule has 1 aromatic heterocycles. The predicted molar refractivity (Wildman–Crippen MR) is 70.7 cm³/mol. The standard InChI is InChI=1S/C13H15BrN2/c14-10-3-4-13-9(6-10)7-12(16-13)8-11-2-1-5-15-11/h3-4,6-7,11,15-16H,1-2,5,8H2. The van der Waals surface area contributed by atoms with E-state index < -0.39 is 0 Å². The minimum absolute atomic E-state index is 0.663. The number of rotatable bonds is 2. The molecule has 1 atom stereocenters. The second kappa shape index (κ2) is 4.22. The molecule has 3 rings (SSSR count). The molecule has 2 aromatic rings. The average molecular weight is 279 g/mol. The highest BCUT2D eigenvalue weighted by atomic mass is 79.9. The van der Waals surface area contributed by atoms with Crippen molar-refractivity contribution in [2.75, 3.05) is 6.54 Å². The van der Waals surface area contributed by atoms with Crippen molar-refractivity contribution in [2.45, 2.75) is 25.3 Å². The van der Waals surface area contributed by atoms with E-state index in [1.165, 1.54) is 36.0 Å². The molecular formula is C13H15BrN2. The van der Waals surface area contributed by atoms with Gasteiger partial charge in [0.2, 0.25) is 0 Å². The molecule has 2 N–H and O–H groups in total. The molecule has 1 aliphatic rings. The van der Waals surface area contributed by atoms with E-state index in [1.54, 1.807) is 0 Å². The highest BCUT2D eigenvalue weighted by Crippen LogP contribution is 2.22. The summed E-state index contributed by atoms with van der Waals surface area (Å²) in [4.78, 5) is 3.49. The zero-order valence-electron chi connectivity index (χ0n) is 9.09. The maximum atomic E-state index is 3.53. The van der Waals surface area contributed by atoms with Gasteiger partial charge in [0.1, 0.15) is 0 Å². The van der Waals surface area contributed by atoms with Gasteiger partial charge in [-0.1, -0.05) is 15.9 Å². The lowest BCUT2D eigenvalue weighted by molar-refractivity contribution is 0.597. The molecule has 84 valence electrons. The van der Waals surface area contributed by atoms with Crippen LogP contribution in [0.2, 0.25) is 0 Å². The predicted octanol–water partition coefficient (Wildman–Crippen LogP) is 3.22. The van der Waals surface area contributed by atoms with Crippen molar-refractivity contribution in [3.05, 3.63) is 34.4 Å². The number of nitrogens with one attached hydrogen (secondary N) is 2. The van der Waals surface area contributed by atoms with Crippen molar-refractivity contribution >= 4 is 26.8 Å². The van der Waals surface area contributed by atoms with Gasteiger partial charge < -0.3 is 10.3 Å². The van der Waals surface area contributed by atoms with Gasteiger partial charge in [0.05, 0.1) is 0 Å². The van der Waals surface area contributed by atoms with Gasteiger partial charge in [0.25, 0.3) is 0 Å². The second-order valence-corrected chi connectivity index (χ2v) is 5.44. The fourth-order valence-corrected chi connectivity index (χ4v) is 2.85. The molecule has 0 bridgehead atoms. The van der Waals surface area contributed by atoms with Crippen LogP contribution in [0.3, 0.4) is 0 Å². The third kappa shape index (κ3) is 2.02. The molecule has 0 spiro atoms. The molecule has 16 heavy (non-hydrogen) atoms. The van der Waals surface area contributed by atoms with Gasteiger partial charge in [0, 0.05) is 33.5 Å². The van der Waals surface area contributed by atoms with Crippen LogP contribution in [0, 0.1) is 0 Å². The summed E-state index contributed by atoms with van der Waals surface area (Å²) in [7, 11) is 0. The van der Waals surface area contributed by atoms with Crippen LogP contribution in [0.5, 0.6) is 0 Å². The molecule has 3 heteroatoms. The summed E-state index contributed by atoms with van der Waals surface area (Å²) in [6.07, 6.45) is 3.74. The lowest BCUT2D eigenvalue weighted by atomic mass is 10.1. The van der Waals surface area contributed by atoms with Crippen LogP contribution in [0.1, 0.15) is 18.5 Å². The molecule has 1 saturated heterocycles. The number of hydrogen-bond acceptors (Lipinski definition) is 1. The highest BCUT2D eigenvalue weighted by molar-refractivity contribution is 9.10. The summed E-state index contributed by atoms with van der Waals surface area (Å²) >= 11 is 3.50. The lowest BCUT2D eigenvalue weighted by Gasteiger charge is -2.07. The average Bonchev–Trinajstić information content (AvgIpc) is 2.86. The fourth-order valence-electron chi connectivity index (χ4n) is 2.47. The summed E-state index contributed by atoms with van der Waals surface area (Å²) in [5, 5.41) is 4.83. The first-order chi connectivity index (χ1) is 7.81. The molecule has 2 heterocycles. The smallest absolute Gasteiger partial charge is 0.0456 e. The maximum absolute atomic E-state index is 3.53. The van der Waals surface area contributed by atoms with E-state index in [2.05, 4.69) is 50.5 Å². The van der Waals surface area contributed by atoms with Crippen LogP contribution in [0.25, 0.3) is 10.9 Å². The molecular weight excluding hydrogens is 264 g/mol. The summed E-state index contributed by atoms with van der Waals surface area (Å²) in [6.45, 7) is 1.18. The molecule has 0 amide bonds. The van der Waals surface area contributed by atoms with Crippen LogP contribution < -0.4 is 5.32 Å². The van der Waals surface area contributed by atoms with Crippen LogP contribution in [-0.2, 0) is 6.42 Å². The second-order valence-electron chi connectivity index (χ2n) is 4.52. The van der Waals surface area contributed by atoms with Crippen LogP contribution in [0.4, 0.5) is 0 Å². The van der Waals surface area contributed by atoms with E-state index >= 15 is 0 Å². The van der Waals surface area contributed by atoms with E-state index in [4.69, 9.17) is 0 Å². The van der Waals surface area contributed by atoms with E-state index in [0.29, 0.717) is 6.04 Å². The summed E-state index contributed by atoms with van der Waals surface area (Å²) in [5.74, 6) is 0. The van der Waals surface area contributed by atoms with E-state index in [0.717, 1.165) is 10.9 Å². The Hall–Kier alpha value is -0.800. The van der Waals surface area contributed by atoms with Gasteiger partial charge in [-0.15, -0.1) is 0 Å². The molecule has 0 saturated carbocycles. The first kappa shape index (κ1) is 10.4. The topological polar surface area (TPSA) is 27.8 Å². The third-order valence-corrected chi connectivity index (χ3v) is 3.76. The summed E-state index contributed by atoms with van der Waals surface area (Å²) < 4.78 is 1.14. The Morgan fingerprint density at radius 3 is 3.06 bits per heavy atom. The minimum Gasteiger partial charge on any atom is -0.358 e. The van der Waals surface area contributed by atoms with Crippen molar-refractivity contribution in [3.63, 3.8) is 0 Å². The number of hydrogen-bond donors (Lipinski definition) is 2. The van der Waals surface area contributed by atoms with Crippen molar-refractivity contribution in [1.29, 1.82) is 0 Å². The van der Waals surface area contributed by atoms with E-state index in [9.17, 15) is 0 Å². The van der Waals surface area contributed by atoms with Gasteiger partial charge in [0.15, 0.2) is 0 Å². The number of benzene rings is 1. The summed E-state index contributed by atoms with van der Waals surface area (Å²) in [5.41, 5.74) is 2.57. The van der Waals surface area contributed by atoms with Crippen LogP contribution in [0.15, 0.2) is 28.7 Å². The number of H-pyrrole nitrogens is 1. The molecule has 0 aliphatic carbocycles. The molecule has 0 radical (unpaired) electrons. The first-order valence-electron chi connectivity index (χ1n) is 5.82. The number of aromatic nitrogens is 1. The molecule has 1 aromatic carbocycles. The molecule has 1 aliphatic heterocycles. The third-order valence-electron chi connectivity index (χ3n) is 3.27. The lowest BCUT2D eigenvalue weighted by Crippen LogP contribution is -2.23. The van der Waals surface area contributed by atoms with Gasteiger partial charge in [-0.05, 0) is 43.7 Å². The number of halogens is 1. The van der Waals surface area contributed by atoms with Crippen LogP contribution >= 0.6 is 15.9 Å². The Labute approximate surface area is 104 Å². The van der Waals surface area contributed by atoms with Crippen molar-refractivity contribution in [1.82, 2.24) is 10.3 Å². The van der Waals surface area contributed by atoms with Crippen LogP contribution in [-0.4, -0.2) is 17.6 Å². The van der Waals surface area contributed by atoms with Gasteiger partial charge in [-0.3, -0.25) is 0 Å². The fraction of sp³-hybridized carbons (Fsp3) is 0.385. The maximum Gasteiger partial charge on any atom is 0.0456 e. The van der Waals surface area contributed by atoms with Gasteiger partial charge in [-0.2, -0.15) is 0 Å². The Bertz CT molecular complexity index is 498. The minimum atomic E-state index is 0.663. The Balaban J connectivity index is 1.86. The highest BCUT2D eigenvalue weighted by Gasteiger charge is 2.15. The SMILES string of the molecule is Brc1ccc2[nH]c(CC3CCCN3)cc2c1.